The van der Waals surface area contributed by atoms with Gasteiger partial charge >= 0.3 is 0 Å². The molecular formula is C28H31FN4O6S. The molecule has 1 aromatic heterocycles. The zero-order valence-electron chi connectivity index (χ0n) is 22.1. The minimum atomic E-state index is -0.310. The van der Waals surface area contributed by atoms with E-state index in [2.05, 4.69) is 15.5 Å². The third kappa shape index (κ3) is 6.09. The molecule has 10 nitrogen and oxygen atoms in total. The van der Waals surface area contributed by atoms with Crippen LogP contribution in [0.15, 0.2) is 53.4 Å². The number of aromatic amines is 2. The van der Waals surface area contributed by atoms with E-state index in [9.17, 15) is 14.6 Å². The van der Waals surface area contributed by atoms with Gasteiger partial charge in [0.15, 0.2) is 17.4 Å². The Kier molecular flexibility index (Phi) is 8.58. The molecule has 0 saturated heterocycles. The number of aromatic hydroxyl groups is 2. The van der Waals surface area contributed by atoms with Crippen LogP contribution in [0, 0.1) is 5.82 Å². The number of H-pyrrole nitrogens is 2. The highest BCUT2D eigenvalue weighted by atomic mass is 32.2. The summed E-state index contributed by atoms with van der Waals surface area (Å²) < 4.78 is 37.6. The Hall–Kier alpha value is -4.00. The number of hydrogen-bond acceptors (Lipinski definition) is 8. The van der Waals surface area contributed by atoms with Crippen molar-refractivity contribution in [1.82, 2.24) is 14.8 Å². The Labute approximate surface area is 234 Å². The van der Waals surface area contributed by atoms with Crippen LogP contribution in [0.4, 0.5) is 15.9 Å². The Bertz CT molecular complexity index is 1550. The van der Waals surface area contributed by atoms with Crippen LogP contribution in [0.5, 0.6) is 23.3 Å². The Morgan fingerprint density at radius 3 is 2.50 bits per heavy atom. The molecule has 0 saturated carbocycles. The van der Waals surface area contributed by atoms with Gasteiger partial charge < -0.3 is 34.5 Å². The fraction of sp³-hybridized carbons (Fsp3) is 0.286. The van der Waals surface area contributed by atoms with Crippen LogP contribution in [0.25, 0.3) is 22.0 Å². The number of benzene rings is 2. The summed E-state index contributed by atoms with van der Waals surface area (Å²) in [7, 11) is 3.19. The van der Waals surface area contributed by atoms with Crippen LogP contribution in [0.3, 0.4) is 0 Å². The van der Waals surface area contributed by atoms with Gasteiger partial charge in [-0.1, -0.05) is 6.07 Å². The lowest BCUT2D eigenvalue weighted by Gasteiger charge is -2.11. The fourth-order valence-electron chi connectivity index (χ4n) is 4.29. The molecule has 3 aromatic rings. The minimum Gasteiger partial charge on any atom is -0.494 e. The van der Waals surface area contributed by atoms with Gasteiger partial charge in [-0.2, -0.15) is 0 Å². The SMILES string of the molecule is COc1cc2c3[nH][nH]c(Nc4cccc(F)c4)c-3cc2cc1OCCOCCOCCSc1cc(O)n(C)c1O. The first kappa shape index (κ1) is 27.6. The summed E-state index contributed by atoms with van der Waals surface area (Å²) >= 11 is 1.41. The van der Waals surface area contributed by atoms with Crippen molar-refractivity contribution >= 4 is 34.0 Å². The van der Waals surface area contributed by atoms with Gasteiger partial charge in [0.25, 0.3) is 0 Å². The molecule has 0 unspecified atom stereocenters. The van der Waals surface area contributed by atoms with Crippen molar-refractivity contribution in [3.05, 3.63) is 54.3 Å². The second kappa shape index (κ2) is 12.5. The van der Waals surface area contributed by atoms with Crippen molar-refractivity contribution in [1.29, 1.82) is 0 Å². The van der Waals surface area contributed by atoms with E-state index in [-0.39, 0.29) is 17.6 Å². The van der Waals surface area contributed by atoms with Crippen molar-refractivity contribution in [2.24, 2.45) is 7.05 Å². The number of nitrogens with zero attached hydrogens (tertiary/aromatic N) is 1. The number of thioether (sulfide) groups is 1. The number of methoxy groups -OCH3 is 1. The van der Waals surface area contributed by atoms with E-state index in [1.54, 1.807) is 26.3 Å². The summed E-state index contributed by atoms with van der Waals surface area (Å²) in [5.41, 5.74) is 2.47. The van der Waals surface area contributed by atoms with E-state index in [1.807, 2.05) is 18.2 Å². The van der Waals surface area contributed by atoms with E-state index in [0.29, 0.717) is 60.9 Å². The average molecular weight is 571 g/mol. The van der Waals surface area contributed by atoms with Gasteiger partial charge in [-0.25, -0.2) is 4.39 Å². The quantitative estimate of drug-likeness (QED) is 0.0882. The molecule has 0 amide bonds. The first-order valence-corrected chi connectivity index (χ1v) is 13.6. The van der Waals surface area contributed by atoms with Gasteiger partial charge in [0.05, 0.1) is 44.1 Å². The number of nitrogens with one attached hydrogen (secondary N) is 3. The lowest BCUT2D eigenvalue weighted by atomic mass is 10.2. The highest BCUT2D eigenvalue weighted by Gasteiger charge is 2.20. The Morgan fingerprint density at radius 2 is 1.75 bits per heavy atom. The fourth-order valence-corrected chi connectivity index (χ4v) is 5.17. The predicted octanol–water partition coefficient (Wildman–Crippen LogP) is 5.45. The van der Waals surface area contributed by atoms with Crippen LogP contribution >= 0.6 is 11.8 Å². The second-order valence-electron chi connectivity index (χ2n) is 8.95. The summed E-state index contributed by atoms with van der Waals surface area (Å²) in [5, 5.41) is 30.9. The molecule has 2 heterocycles. The minimum absolute atomic E-state index is 0.0180. The standard InChI is InChI=1S/C28H31FN4O6S/c1-33-25(34)16-24(28(33)35)40-11-10-38-7-6-37-8-9-39-23-13-17-12-21-26(20(17)15-22(23)36-2)31-32-27(21)30-19-5-3-4-18(29)14-19/h3-5,12-16,30-32,34-35H,6-11H2,1-2H3. The molecule has 2 aromatic carbocycles. The summed E-state index contributed by atoms with van der Waals surface area (Å²) in [6.07, 6.45) is 0. The monoisotopic (exact) mass is 570 g/mol. The van der Waals surface area contributed by atoms with Crippen molar-refractivity contribution in [3.8, 4) is 34.5 Å². The molecule has 1 aliphatic heterocycles. The molecule has 0 radical (unpaired) electrons. The molecule has 212 valence electrons. The van der Waals surface area contributed by atoms with Crippen LogP contribution < -0.4 is 14.8 Å². The third-order valence-electron chi connectivity index (χ3n) is 6.33. The number of anilines is 2. The third-order valence-corrected chi connectivity index (χ3v) is 7.32. The maximum Gasteiger partial charge on any atom is 0.207 e. The number of halogens is 1. The second-order valence-corrected chi connectivity index (χ2v) is 10.1. The summed E-state index contributed by atoms with van der Waals surface area (Å²) in [5.74, 6) is 2.33. The van der Waals surface area contributed by atoms with Crippen LogP contribution in [0.2, 0.25) is 0 Å². The number of rotatable bonds is 14. The summed E-state index contributed by atoms with van der Waals surface area (Å²) in [4.78, 5) is 0.615. The molecule has 5 rings (SSSR count). The van der Waals surface area contributed by atoms with Crippen molar-refractivity contribution < 1.29 is 33.6 Å². The number of fused-ring (bicyclic) bond motifs is 3. The molecule has 1 aliphatic carbocycles. The summed E-state index contributed by atoms with van der Waals surface area (Å²) in [6, 6.07) is 13.7. The van der Waals surface area contributed by atoms with E-state index < -0.39 is 0 Å². The molecule has 0 bridgehead atoms. The number of ether oxygens (including phenoxy) is 4. The first-order valence-electron chi connectivity index (χ1n) is 12.7. The molecule has 0 fully saturated rings. The molecular weight excluding hydrogens is 539 g/mol. The van der Waals surface area contributed by atoms with Crippen LogP contribution in [-0.4, -0.2) is 70.9 Å². The predicted molar refractivity (Wildman–Crippen MR) is 152 cm³/mol. The molecule has 0 atom stereocenters. The highest BCUT2D eigenvalue weighted by molar-refractivity contribution is 7.99. The normalized spacial score (nSPS) is 11.5. The highest BCUT2D eigenvalue weighted by Crippen LogP contribution is 2.43. The van der Waals surface area contributed by atoms with Gasteiger partial charge in [0, 0.05) is 35.5 Å². The van der Waals surface area contributed by atoms with Gasteiger partial charge in [0.1, 0.15) is 18.2 Å². The lowest BCUT2D eigenvalue weighted by Crippen LogP contribution is -2.12. The smallest absolute Gasteiger partial charge is 0.207 e. The lowest BCUT2D eigenvalue weighted by molar-refractivity contribution is 0.0409. The molecule has 40 heavy (non-hydrogen) atoms. The first-order chi connectivity index (χ1) is 19.4. The Morgan fingerprint density at radius 1 is 0.950 bits per heavy atom. The largest absolute Gasteiger partial charge is 0.494 e. The van der Waals surface area contributed by atoms with Gasteiger partial charge in [0.2, 0.25) is 5.88 Å². The van der Waals surface area contributed by atoms with Crippen molar-refractivity contribution in [2.75, 3.05) is 51.2 Å². The summed E-state index contributed by atoms with van der Waals surface area (Å²) in [6.45, 7) is 2.07. The number of aromatic nitrogens is 3. The van der Waals surface area contributed by atoms with E-state index in [4.69, 9.17) is 18.9 Å². The maximum atomic E-state index is 13.6. The van der Waals surface area contributed by atoms with Crippen LogP contribution in [-0.2, 0) is 16.5 Å². The topological polar surface area (TPSA) is 126 Å². The Balaban J connectivity index is 1.08. The van der Waals surface area contributed by atoms with Crippen molar-refractivity contribution in [2.45, 2.75) is 4.90 Å². The zero-order chi connectivity index (χ0) is 28.1. The average Bonchev–Trinajstić information content (AvgIpc) is 3.57. The van der Waals surface area contributed by atoms with E-state index in [0.717, 1.165) is 27.8 Å². The number of hydrogen-bond donors (Lipinski definition) is 5. The van der Waals surface area contributed by atoms with Crippen LogP contribution in [0.1, 0.15) is 0 Å². The molecule has 12 heteroatoms. The molecule has 0 spiro atoms. The maximum absolute atomic E-state index is 13.6. The van der Waals surface area contributed by atoms with E-state index in [1.165, 1.54) is 34.5 Å². The molecule has 2 aliphatic rings. The molecule has 5 N–H and O–H groups in total. The van der Waals surface area contributed by atoms with Crippen molar-refractivity contribution in [3.63, 3.8) is 0 Å². The van der Waals surface area contributed by atoms with Gasteiger partial charge in [-0.15, -0.1) is 11.8 Å². The van der Waals surface area contributed by atoms with Gasteiger partial charge in [-0.3, -0.25) is 14.8 Å². The van der Waals surface area contributed by atoms with Gasteiger partial charge in [-0.05, 0) is 41.8 Å². The van der Waals surface area contributed by atoms with E-state index >= 15 is 0 Å². The zero-order valence-corrected chi connectivity index (χ0v) is 22.9.